The molecule has 2 heterocycles. The van der Waals surface area contributed by atoms with Crippen LogP contribution in [0.4, 0.5) is 26.3 Å². The predicted octanol–water partition coefficient (Wildman–Crippen LogP) is 4.68. The molecule has 2 aromatic rings. The normalized spacial score (nSPS) is 11.8. The highest BCUT2D eigenvalue weighted by Crippen LogP contribution is 2.39. The molecule has 20 heavy (non-hydrogen) atoms. The van der Waals surface area contributed by atoms with E-state index in [1.54, 1.807) is 0 Å². The Kier molecular flexibility index (Phi) is 3.63. The molecule has 0 saturated carbocycles. The lowest BCUT2D eigenvalue weighted by Gasteiger charge is -2.06. The molecule has 0 aromatic carbocycles. The number of pyridine rings is 1. The Morgan fingerprint density at radius 1 is 1.10 bits per heavy atom. The van der Waals surface area contributed by atoms with E-state index in [2.05, 4.69) is 4.98 Å². The molecule has 9 heteroatoms. The lowest BCUT2D eigenvalue weighted by atomic mass is 10.2. The topological polar surface area (TPSA) is 22.1 Å². The van der Waals surface area contributed by atoms with Crippen molar-refractivity contribution in [2.24, 2.45) is 0 Å². The second-order valence-corrected chi connectivity index (χ2v) is 4.73. The number of rotatable bonds is 2. The third-order valence-electron chi connectivity index (χ3n) is 2.29. The van der Waals surface area contributed by atoms with Gasteiger partial charge in [0.25, 0.3) is 11.8 Å². The summed E-state index contributed by atoms with van der Waals surface area (Å²) in [6.45, 7) is 0.956. The molecule has 0 fully saturated rings. The van der Waals surface area contributed by atoms with Gasteiger partial charge in [0.2, 0.25) is 0 Å². The summed E-state index contributed by atoms with van der Waals surface area (Å²) in [5.74, 6) is -5.26. The first kappa shape index (κ1) is 14.6. The van der Waals surface area contributed by atoms with Crippen LogP contribution in [0.2, 0.25) is 0 Å². The van der Waals surface area contributed by atoms with E-state index in [0.717, 1.165) is 19.1 Å². The minimum Gasteiger partial charge on any atom is -0.425 e. The highest BCUT2D eigenvalue weighted by molar-refractivity contribution is 7.13. The monoisotopic (exact) mass is 313 g/mol. The molecule has 0 aliphatic heterocycles. The van der Waals surface area contributed by atoms with Crippen LogP contribution >= 0.6 is 11.3 Å². The van der Waals surface area contributed by atoms with E-state index in [1.807, 2.05) is 0 Å². The van der Waals surface area contributed by atoms with E-state index >= 15 is 0 Å². The molecule has 108 valence electrons. The van der Waals surface area contributed by atoms with Gasteiger partial charge in [0.05, 0.1) is 0 Å². The van der Waals surface area contributed by atoms with Gasteiger partial charge < -0.3 is 4.74 Å². The number of nitrogens with zero attached hydrogens (tertiary/aromatic N) is 1. The number of alkyl halides is 3. The number of ether oxygens (including phenoxy) is 1. The van der Waals surface area contributed by atoms with Crippen molar-refractivity contribution in [3.05, 3.63) is 40.2 Å². The Balaban J connectivity index is 2.34. The lowest BCUT2D eigenvalue weighted by Crippen LogP contribution is -2.02. The summed E-state index contributed by atoms with van der Waals surface area (Å²) in [6, 6.07) is 1.66. The van der Waals surface area contributed by atoms with Crippen molar-refractivity contribution >= 4 is 11.3 Å². The summed E-state index contributed by atoms with van der Waals surface area (Å²) in [5, 5.41) is -0.339. The van der Waals surface area contributed by atoms with Crippen LogP contribution in [-0.4, -0.2) is 4.98 Å². The number of aromatic nitrogens is 1. The Morgan fingerprint density at radius 3 is 2.30 bits per heavy atom. The molecule has 0 amide bonds. The maximum absolute atomic E-state index is 13.6. The average molecular weight is 313 g/mol. The molecule has 0 saturated heterocycles. The molecule has 0 radical (unpaired) electrons. The Morgan fingerprint density at radius 2 is 1.75 bits per heavy atom. The van der Waals surface area contributed by atoms with Gasteiger partial charge in [0.15, 0.2) is 16.7 Å². The first-order valence-electron chi connectivity index (χ1n) is 5.06. The van der Waals surface area contributed by atoms with E-state index in [0.29, 0.717) is 0 Å². The average Bonchev–Trinajstić information content (AvgIpc) is 2.82. The van der Waals surface area contributed by atoms with E-state index in [9.17, 15) is 26.3 Å². The third-order valence-corrected chi connectivity index (χ3v) is 3.29. The summed E-state index contributed by atoms with van der Waals surface area (Å²) < 4.78 is 81.4. The van der Waals surface area contributed by atoms with Gasteiger partial charge in [0, 0.05) is 5.56 Å². The van der Waals surface area contributed by atoms with Crippen molar-refractivity contribution < 1.29 is 31.1 Å². The van der Waals surface area contributed by atoms with Crippen LogP contribution < -0.4 is 4.74 Å². The molecule has 0 N–H and O–H groups in total. The van der Waals surface area contributed by atoms with Crippen LogP contribution in [0.5, 0.6) is 10.9 Å². The van der Waals surface area contributed by atoms with Gasteiger partial charge in [-0.05, 0) is 19.1 Å². The van der Waals surface area contributed by atoms with Crippen molar-refractivity contribution in [3.63, 3.8) is 0 Å². The Labute approximate surface area is 112 Å². The van der Waals surface area contributed by atoms with Crippen LogP contribution in [0.3, 0.4) is 0 Å². The zero-order valence-corrected chi connectivity index (χ0v) is 10.5. The zero-order chi connectivity index (χ0) is 15.1. The highest BCUT2D eigenvalue weighted by atomic mass is 32.1. The van der Waals surface area contributed by atoms with Crippen molar-refractivity contribution in [3.8, 4) is 10.9 Å². The Bertz CT molecular complexity index is 651. The second-order valence-electron chi connectivity index (χ2n) is 3.68. The van der Waals surface area contributed by atoms with Crippen molar-refractivity contribution in [2.45, 2.75) is 13.1 Å². The van der Waals surface area contributed by atoms with E-state index in [4.69, 9.17) is 4.74 Å². The van der Waals surface area contributed by atoms with Gasteiger partial charge in [-0.1, -0.05) is 11.3 Å². The molecule has 0 atom stereocenters. The molecule has 0 bridgehead atoms. The number of halogens is 6. The maximum atomic E-state index is 13.6. The molecule has 0 unspecified atom stereocenters. The minimum atomic E-state index is -4.57. The van der Waals surface area contributed by atoms with Crippen LogP contribution in [0.15, 0.2) is 12.1 Å². The molecule has 2 nitrogen and oxygen atoms in total. The zero-order valence-electron chi connectivity index (χ0n) is 9.69. The highest BCUT2D eigenvalue weighted by Gasteiger charge is 2.33. The first-order valence-corrected chi connectivity index (χ1v) is 5.87. The van der Waals surface area contributed by atoms with Crippen LogP contribution in [0.25, 0.3) is 0 Å². The van der Waals surface area contributed by atoms with Gasteiger partial charge in [-0.15, -0.1) is 0 Å². The summed E-state index contributed by atoms with van der Waals surface area (Å²) in [7, 11) is 0. The van der Waals surface area contributed by atoms with Crippen LogP contribution in [0.1, 0.15) is 10.4 Å². The molecular formula is C11H5F6NOS. The van der Waals surface area contributed by atoms with Crippen molar-refractivity contribution in [2.75, 3.05) is 0 Å². The van der Waals surface area contributed by atoms with Gasteiger partial charge >= 0.3 is 6.18 Å². The minimum absolute atomic E-state index is 0.189. The third kappa shape index (κ3) is 2.72. The fourth-order valence-electron chi connectivity index (χ4n) is 1.29. The molecule has 2 aromatic heterocycles. The number of hydrogen-bond donors (Lipinski definition) is 0. The second kappa shape index (κ2) is 4.97. The largest absolute Gasteiger partial charge is 0.425 e. The van der Waals surface area contributed by atoms with E-state index in [1.165, 1.54) is 0 Å². The standard InChI is InChI=1S/C11H5F6NOS/c1-4-7(12)9(14)18-10(8(4)13)19-6-3-2-5(20-6)11(15,16)17/h2-3H,1H3. The number of thiophene rings is 1. The van der Waals surface area contributed by atoms with E-state index in [-0.39, 0.29) is 16.4 Å². The van der Waals surface area contributed by atoms with Crippen LogP contribution in [0, 0.1) is 24.5 Å². The van der Waals surface area contributed by atoms with Gasteiger partial charge in [-0.3, -0.25) is 0 Å². The smallest absolute Gasteiger partial charge is 0.425 e. The van der Waals surface area contributed by atoms with Gasteiger partial charge in [0.1, 0.15) is 4.88 Å². The summed E-state index contributed by atoms with van der Waals surface area (Å²) in [4.78, 5) is 1.92. The molecule has 0 spiro atoms. The SMILES string of the molecule is Cc1c(F)c(F)nc(Oc2ccc(C(F)(F)F)s2)c1F. The van der Waals surface area contributed by atoms with Crippen molar-refractivity contribution in [1.82, 2.24) is 4.98 Å². The quantitative estimate of drug-likeness (QED) is 0.593. The van der Waals surface area contributed by atoms with E-state index < -0.39 is 40.1 Å². The fraction of sp³-hybridized carbons (Fsp3) is 0.182. The summed E-state index contributed by atoms with van der Waals surface area (Å²) in [5.41, 5.74) is -0.667. The predicted molar refractivity (Wildman–Crippen MR) is 58.2 cm³/mol. The first-order chi connectivity index (χ1) is 9.20. The van der Waals surface area contributed by atoms with Crippen LogP contribution in [-0.2, 0) is 6.18 Å². The van der Waals surface area contributed by atoms with Gasteiger partial charge in [-0.2, -0.15) is 22.5 Å². The van der Waals surface area contributed by atoms with Crippen molar-refractivity contribution in [1.29, 1.82) is 0 Å². The fourth-order valence-corrected chi connectivity index (χ4v) is 2.01. The molecule has 0 aliphatic rings. The summed E-state index contributed by atoms with van der Waals surface area (Å²) >= 11 is 0.189. The number of hydrogen-bond acceptors (Lipinski definition) is 3. The lowest BCUT2D eigenvalue weighted by molar-refractivity contribution is -0.134. The molecular weight excluding hydrogens is 308 g/mol. The van der Waals surface area contributed by atoms with Gasteiger partial charge in [-0.25, -0.2) is 8.78 Å². The summed E-state index contributed by atoms with van der Waals surface area (Å²) in [6.07, 6.45) is -4.57. The molecule has 0 aliphatic carbocycles. The molecule has 2 rings (SSSR count). The maximum Gasteiger partial charge on any atom is 0.425 e. The Hall–Kier alpha value is -1.77.